The first kappa shape index (κ1) is 12.8. The Morgan fingerprint density at radius 2 is 2.18 bits per heavy atom. The number of anilines is 1. The van der Waals surface area contributed by atoms with E-state index in [9.17, 15) is 18.0 Å². The molecule has 17 heavy (non-hydrogen) atoms. The van der Waals surface area contributed by atoms with Crippen LogP contribution >= 0.6 is 0 Å². The molecule has 0 atom stereocenters. The summed E-state index contributed by atoms with van der Waals surface area (Å²) in [4.78, 5) is 13.5. The largest absolute Gasteiger partial charge is 0.481 e. The second kappa shape index (κ2) is 4.74. The summed E-state index contributed by atoms with van der Waals surface area (Å²) >= 11 is 0. The predicted octanol–water partition coefficient (Wildman–Crippen LogP) is 1.51. The molecule has 1 heterocycles. The summed E-state index contributed by atoms with van der Waals surface area (Å²) in [6, 6.07) is 0.733. The maximum Gasteiger partial charge on any atom is 0.419 e. The van der Waals surface area contributed by atoms with Crippen molar-refractivity contribution in [2.45, 2.75) is 12.6 Å². The molecule has 4 nitrogen and oxygen atoms in total. The Labute approximate surface area is 94.3 Å². The summed E-state index contributed by atoms with van der Waals surface area (Å²) in [5, 5.41) is 8.30. The number of pyridine rings is 1. The number of carboxylic acids is 1. The van der Waals surface area contributed by atoms with Gasteiger partial charge in [-0.15, -0.1) is 0 Å². The number of aliphatic carboxylic acids is 1. The van der Waals surface area contributed by atoms with Crippen LogP contribution in [0.3, 0.4) is 0 Å². The van der Waals surface area contributed by atoms with E-state index in [1.165, 1.54) is 0 Å². The van der Waals surface area contributed by atoms with Crippen molar-refractivity contribution < 1.29 is 23.1 Å². The van der Waals surface area contributed by atoms with E-state index in [0.29, 0.717) is 0 Å². The summed E-state index contributed by atoms with van der Waals surface area (Å²) in [6.45, 7) is 0. The van der Waals surface area contributed by atoms with E-state index in [2.05, 4.69) is 16.8 Å². The number of nitrogens with zero attached hydrogens (tertiary/aromatic N) is 1. The fourth-order valence-corrected chi connectivity index (χ4v) is 0.993. The van der Waals surface area contributed by atoms with Gasteiger partial charge in [-0.3, -0.25) is 4.79 Å². The highest BCUT2D eigenvalue weighted by molar-refractivity contribution is 5.70. The van der Waals surface area contributed by atoms with E-state index in [1.54, 1.807) is 0 Å². The topological polar surface area (TPSA) is 76.2 Å². The fraction of sp³-hybridized carbons (Fsp3) is 0.200. The lowest BCUT2D eigenvalue weighted by atomic mass is 10.2. The molecule has 0 aliphatic heterocycles. The first-order valence-corrected chi connectivity index (χ1v) is 4.34. The van der Waals surface area contributed by atoms with Gasteiger partial charge in [-0.25, -0.2) is 4.98 Å². The van der Waals surface area contributed by atoms with Crippen molar-refractivity contribution in [3.63, 3.8) is 0 Å². The molecule has 0 aliphatic rings. The average molecular weight is 244 g/mol. The summed E-state index contributed by atoms with van der Waals surface area (Å²) in [7, 11) is 0. The van der Waals surface area contributed by atoms with E-state index in [0.717, 1.165) is 12.3 Å². The number of hydrogen-bond donors (Lipinski definition) is 2. The van der Waals surface area contributed by atoms with Crippen LogP contribution in [0.1, 0.15) is 17.5 Å². The minimum Gasteiger partial charge on any atom is -0.481 e. The number of rotatable bonds is 1. The van der Waals surface area contributed by atoms with Crippen molar-refractivity contribution in [2.75, 3.05) is 5.73 Å². The maximum atomic E-state index is 12.4. The van der Waals surface area contributed by atoms with E-state index < -0.39 is 29.9 Å². The second-order valence-electron chi connectivity index (χ2n) is 3.03. The average Bonchev–Trinajstić information content (AvgIpc) is 2.18. The van der Waals surface area contributed by atoms with Gasteiger partial charge >= 0.3 is 12.1 Å². The van der Waals surface area contributed by atoms with Gasteiger partial charge in [0, 0.05) is 11.8 Å². The van der Waals surface area contributed by atoms with Gasteiger partial charge in [0.05, 0.1) is 5.56 Å². The van der Waals surface area contributed by atoms with Crippen LogP contribution < -0.4 is 5.73 Å². The Morgan fingerprint density at radius 3 is 2.71 bits per heavy atom. The molecule has 0 saturated heterocycles. The molecular formula is C10H7F3N2O2. The van der Waals surface area contributed by atoms with Crippen LogP contribution in [0.4, 0.5) is 19.0 Å². The fourth-order valence-electron chi connectivity index (χ4n) is 0.993. The minimum atomic E-state index is -4.61. The van der Waals surface area contributed by atoms with Crippen LogP contribution in [0.25, 0.3) is 0 Å². The van der Waals surface area contributed by atoms with Crippen molar-refractivity contribution in [1.29, 1.82) is 0 Å². The number of aromatic nitrogens is 1. The number of alkyl halides is 3. The molecule has 0 saturated carbocycles. The molecule has 3 N–H and O–H groups in total. The Bertz CT molecular complexity index is 500. The van der Waals surface area contributed by atoms with Crippen LogP contribution in [0.2, 0.25) is 0 Å². The van der Waals surface area contributed by atoms with Crippen LogP contribution in [0, 0.1) is 11.8 Å². The molecule has 0 fully saturated rings. The van der Waals surface area contributed by atoms with Crippen LogP contribution in [0.5, 0.6) is 0 Å². The molecular weight excluding hydrogens is 237 g/mol. The molecule has 90 valence electrons. The van der Waals surface area contributed by atoms with E-state index in [1.807, 2.05) is 0 Å². The summed E-state index contributed by atoms with van der Waals surface area (Å²) in [5.74, 6) is 2.68. The van der Waals surface area contributed by atoms with Crippen LogP contribution in [-0.2, 0) is 11.0 Å². The molecule has 1 aromatic heterocycles. The van der Waals surface area contributed by atoms with Crippen molar-refractivity contribution in [3.8, 4) is 11.8 Å². The van der Waals surface area contributed by atoms with Gasteiger partial charge in [-0.05, 0) is 6.07 Å². The molecule has 0 bridgehead atoms. The first-order valence-electron chi connectivity index (χ1n) is 4.34. The minimum absolute atomic E-state index is 0.0345. The van der Waals surface area contributed by atoms with Gasteiger partial charge in [0.25, 0.3) is 0 Å². The molecule has 0 spiro atoms. The molecule has 0 aliphatic carbocycles. The summed E-state index contributed by atoms with van der Waals surface area (Å²) in [5.41, 5.74) is 3.96. The molecule has 1 rings (SSSR count). The molecule has 0 aromatic carbocycles. The highest BCUT2D eigenvalue weighted by Crippen LogP contribution is 2.32. The molecule has 0 amide bonds. The maximum absolute atomic E-state index is 12.4. The molecule has 1 aromatic rings. The van der Waals surface area contributed by atoms with Gasteiger partial charge in [0.15, 0.2) is 0 Å². The molecule has 7 heteroatoms. The smallest absolute Gasteiger partial charge is 0.419 e. The zero-order valence-electron chi connectivity index (χ0n) is 8.38. The number of carboxylic acid groups (broad SMARTS) is 1. The Morgan fingerprint density at radius 1 is 1.53 bits per heavy atom. The summed E-state index contributed by atoms with van der Waals surface area (Å²) in [6.07, 6.45) is -4.01. The number of carbonyl (C=O) groups is 1. The monoisotopic (exact) mass is 244 g/mol. The quantitative estimate of drug-likeness (QED) is 0.734. The van der Waals surface area contributed by atoms with Crippen LogP contribution in [-0.4, -0.2) is 16.1 Å². The van der Waals surface area contributed by atoms with Gasteiger partial charge in [-0.1, -0.05) is 11.8 Å². The van der Waals surface area contributed by atoms with E-state index in [4.69, 9.17) is 10.8 Å². The van der Waals surface area contributed by atoms with Gasteiger partial charge < -0.3 is 10.8 Å². The molecule has 0 radical (unpaired) electrons. The normalized spacial score (nSPS) is 10.5. The van der Waals surface area contributed by atoms with Crippen molar-refractivity contribution in [2.24, 2.45) is 0 Å². The zero-order valence-corrected chi connectivity index (χ0v) is 8.38. The number of nitrogens with two attached hydrogens (primary N) is 1. The number of nitrogen functional groups attached to an aromatic ring is 1. The predicted molar refractivity (Wildman–Crippen MR) is 52.8 cm³/mol. The Hall–Kier alpha value is -2.23. The Balaban J connectivity index is 3.04. The third kappa shape index (κ3) is 3.68. The Kier molecular flexibility index (Phi) is 3.58. The third-order valence-electron chi connectivity index (χ3n) is 1.70. The van der Waals surface area contributed by atoms with Crippen molar-refractivity contribution >= 4 is 11.8 Å². The van der Waals surface area contributed by atoms with E-state index in [-0.39, 0.29) is 5.56 Å². The lowest BCUT2D eigenvalue weighted by Crippen LogP contribution is -2.10. The van der Waals surface area contributed by atoms with Gasteiger partial charge in [-0.2, -0.15) is 13.2 Å². The SMILES string of the molecule is Nc1ncc(C#CCC(=O)O)cc1C(F)(F)F. The zero-order chi connectivity index (χ0) is 13.1. The number of hydrogen-bond acceptors (Lipinski definition) is 3. The van der Waals surface area contributed by atoms with Crippen molar-refractivity contribution in [1.82, 2.24) is 4.98 Å². The lowest BCUT2D eigenvalue weighted by molar-refractivity contribution is -0.137. The lowest BCUT2D eigenvalue weighted by Gasteiger charge is -2.08. The van der Waals surface area contributed by atoms with Crippen LogP contribution in [0.15, 0.2) is 12.3 Å². The first-order chi connectivity index (χ1) is 7.80. The van der Waals surface area contributed by atoms with Crippen molar-refractivity contribution in [3.05, 3.63) is 23.4 Å². The van der Waals surface area contributed by atoms with Gasteiger partial charge in [0.1, 0.15) is 12.2 Å². The molecule has 0 unspecified atom stereocenters. The summed E-state index contributed by atoms with van der Waals surface area (Å²) < 4.78 is 37.3. The standard InChI is InChI=1S/C10H7F3N2O2/c11-10(12,13)7-4-6(5-15-9(7)14)2-1-3-8(16)17/h4-5H,3H2,(H2,14,15)(H,16,17). The van der Waals surface area contributed by atoms with E-state index >= 15 is 0 Å². The number of halogens is 3. The highest BCUT2D eigenvalue weighted by atomic mass is 19.4. The second-order valence-corrected chi connectivity index (χ2v) is 3.03. The van der Waals surface area contributed by atoms with Gasteiger partial charge in [0.2, 0.25) is 0 Å². The third-order valence-corrected chi connectivity index (χ3v) is 1.70. The highest BCUT2D eigenvalue weighted by Gasteiger charge is 2.33.